The van der Waals surface area contributed by atoms with Gasteiger partial charge in [0.15, 0.2) is 0 Å². The highest BCUT2D eigenvalue weighted by Crippen LogP contribution is 2.33. The maximum Gasteiger partial charge on any atom is 0.139 e. The molecule has 0 aliphatic rings. The molecule has 0 saturated carbocycles. The fraction of sp³-hybridized carbons (Fsp3) is 0.250. The Hall–Kier alpha value is -1.39. The van der Waals surface area contributed by atoms with E-state index in [0.717, 1.165) is 11.6 Å². The van der Waals surface area contributed by atoms with E-state index in [1.807, 2.05) is 44.3 Å². The van der Waals surface area contributed by atoms with Gasteiger partial charge in [0.2, 0.25) is 0 Å². The number of benzene rings is 2. The fourth-order valence-corrected chi connectivity index (χ4v) is 3.32. The van der Waals surface area contributed by atoms with Crippen molar-refractivity contribution < 1.29 is 8.78 Å². The molecule has 1 N–H and O–H groups in total. The van der Waals surface area contributed by atoms with E-state index in [4.69, 9.17) is 0 Å². The zero-order valence-electron chi connectivity index (χ0n) is 11.4. The first-order chi connectivity index (χ1) is 9.61. The Bertz CT molecular complexity index is 560. The van der Waals surface area contributed by atoms with Crippen LogP contribution in [0, 0.1) is 11.6 Å². The van der Waals surface area contributed by atoms with E-state index in [1.54, 1.807) is 0 Å². The van der Waals surface area contributed by atoms with Gasteiger partial charge in [-0.05, 0) is 24.7 Å². The quantitative estimate of drug-likeness (QED) is 0.820. The number of rotatable bonds is 5. The molecule has 0 heterocycles. The van der Waals surface area contributed by atoms with Crippen LogP contribution in [0.3, 0.4) is 0 Å². The second-order valence-electron chi connectivity index (χ2n) is 4.57. The van der Waals surface area contributed by atoms with Crippen LogP contribution in [0.5, 0.6) is 0 Å². The summed E-state index contributed by atoms with van der Waals surface area (Å²) in [5.41, 5.74) is 1.15. The third-order valence-electron chi connectivity index (χ3n) is 3.15. The number of halogens is 2. The second-order valence-corrected chi connectivity index (χ2v) is 5.99. The van der Waals surface area contributed by atoms with Crippen LogP contribution in [0.15, 0.2) is 53.4 Å². The van der Waals surface area contributed by atoms with Crippen molar-refractivity contribution in [2.24, 2.45) is 0 Å². The van der Waals surface area contributed by atoms with E-state index >= 15 is 0 Å². The molecule has 0 aliphatic carbocycles. The van der Waals surface area contributed by atoms with Gasteiger partial charge in [-0.3, -0.25) is 0 Å². The first kappa shape index (κ1) is 15.0. The zero-order chi connectivity index (χ0) is 14.5. The minimum Gasteiger partial charge on any atom is -0.312 e. The highest BCUT2D eigenvalue weighted by Gasteiger charge is 2.19. The van der Waals surface area contributed by atoms with Gasteiger partial charge in [-0.2, -0.15) is 0 Å². The van der Waals surface area contributed by atoms with Gasteiger partial charge >= 0.3 is 0 Å². The van der Waals surface area contributed by atoms with Gasteiger partial charge in [-0.1, -0.05) is 37.3 Å². The Labute approximate surface area is 122 Å². The maximum atomic E-state index is 13.7. The predicted octanol–water partition coefficient (Wildman–Crippen LogP) is 4.41. The Morgan fingerprint density at radius 2 is 1.75 bits per heavy atom. The summed E-state index contributed by atoms with van der Waals surface area (Å²) in [4.78, 5) is 0.468. The van der Waals surface area contributed by atoms with Gasteiger partial charge < -0.3 is 5.32 Å². The van der Waals surface area contributed by atoms with Crippen molar-refractivity contribution in [1.82, 2.24) is 5.32 Å². The summed E-state index contributed by atoms with van der Waals surface area (Å²) < 4.78 is 26.6. The van der Waals surface area contributed by atoms with E-state index in [2.05, 4.69) is 5.32 Å². The van der Waals surface area contributed by atoms with Crippen LogP contribution in [0.1, 0.15) is 18.5 Å². The minimum absolute atomic E-state index is 0.102. The number of thioether (sulfide) groups is 1. The van der Waals surface area contributed by atoms with Gasteiger partial charge in [-0.25, -0.2) is 8.78 Å². The molecular formula is C16H17F2NS. The molecule has 2 aromatic rings. The van der Waals surface area contributed by atoms with E-state index in [9.17, 15) is 8.78 Å². The van der Waals surface area contributed by atoms with E-state index in [0.29, 0.717) is 4.90 Å². The highest BCUT2D eigenvalue weighted by atomic mass is 32.2. The molecule has 106 valence electrons. The molecule has 0 radical (unpaired) electrons. The summed E-state index contributed by atoms with van der Waals surface area (Å²) in [6.45, 7) is 2.03. The third-order valence-corrected chi connectivity index (χ3v) is 4.37. The van der Waals surface area contributed by atoms with Crippen molar-refractivity contribution in [3.05, 3.63) is 65.7 Å². The van der Waals surface area contributed by atoms with Crippen molar-refractivity contribution >= 4 is 11.8 Å². The Morgan fingerprint density at radius 3 is 2.35 bits per heavy atom. The average Bonchev–Trinajstić information content (AvgIpc) is 2.44. The van der Waals surface area contributed by atoms with Crippen LogP contribution in [-0.4, -0.2) is 12.3 Å². The SMILES string of the molecule is CNC(c1ccccc1)C(C)Sc1ccc(F)cc1F. The monoisotopic (exact) mass is 293 g/mol. The summed E-state index contributed by atoms with van der Waals surface area (Å²) in [6, 6.07) is 13.8. The number of hydrogen-bond acceptors (Lipinski definition) is 2. The maximum absolute atomic E-state index is 13.7. The Kier molecular flexibility index (Phi) is 5.15. The third kappa shape index (κ3) is 3.58. The van der Waals surface area contributed by atoms with E-state index in [-0.39, 0.29) is 11.3 Å². The normalized spacial score (nSPS) is 14.0. The molecule has 2 aromatic carbocycles. The van der Waals surface area contributed by atoms with Gasteiger partial charge in [-0.15, -0.1) is 11.8 Å². The molecule has 0 bridgehead atoms. The molecule has 0 amide bonds. The lowest BCUT2D eigenvalue weighted by molar-refractivity contribution is 0.562. The van der Waals surface area contributed by atoms with E-state index < -0.39 is 11.6 Å². The average molecular weight is 293 g/mol. The molecule has 1 nitrogen and oxygen atoms in total. The summed E-state index contributed by atoms with van der Waals surface area (Å²) in [7, 11) is 1.88. The number of hydrogen-bond donors (Lipinski definition) is 1. The standard InChI is InChI=1S/C16H17F2NS/c1-11(16(19-2)12-6-4-3-5-7-12)20-15-9-8-13(17)10-14(15)18/h3-11,16,19H,1-2H3. The Morgan fingerprint density at radius 1 is 1.05 bits per heavy atom. The fourth-order valence-electron chi connectivity index (χ4n) is 2.17. The molecule has 0 aromatic heterocycles. The van der Waals surface area contributed by atoms with Crippen LogP contribution >= 0.6 is 11.8 Å². The largest absolute Gasteiger partial charge is 0.312 e. The van der Waals surface area contributed by atoms with Gasteiger partial charge in [0.25, 0.3) is 0 Å². The van der Waals surface area contributed by atoms with Crippen LogP contribution < -0.4 is 5.32 Å². The smallest absolute Gasteiger partial charge is 0.139 e. The lowest BCUT2D eigenvalue weighted by Crippen LogP contribution is -2.25. The topological polar surface area (TPSA) is 12.0 Å². The van der Waals surface area contributed by atoms with Gasteiger partial charge in [0.05, 0.1) is 0 Å². The van der Waals surface area contributed by atoms with E-state index in [1.165, 1.54) is 23.9 Å². The molecule has 2 rings (SSSR count). The highest BCUT2D eigenvalue weighted by molar-refractivity contribution is 8.00. The van der Waals surface area contributed by atoms with Crippen molar-refractivity contribution in [3.8, 4) is 0 Å². The molecule has 4 heteroatoms. The second kappa shape index (κ2) is 6.86. The van der Waals surface area contributed by atoms with Gasteiger partial charge in [0, 0.05) is 22.3 Å². The molecule has 20 heavy (non-hydrogen) atoms. The summed E-state index contributed by atoms with van der Waals surface area (Å²) in [5.74, 6) is -1.06. The molecule has 2 unspecified atom stereocenters. The van der Waals surface area contributed by atoms with Crippen molar-refractivity contribution in [1.29, 1.82) is 0 Å². The number of nitrogens with one attached hydrogen (secondary N) is 1. The molecule has 2 atom stereocenters. The van der Waals surface area contributed by atoms with Gasteiger partial charge in [0.1, 0.15) is 11.6 Å². The first-order valence-corrected chi connectivity index (χ1v) is 7.33. The van der Waals surface area contributed by atoms with Crippen LogP contribution in [0.2, 0.25) is 0 Å². The molecule has 0 fully saturated rings. The summed E-state index contributed by atoms with van der Waals surface area (Å²) in [6.07, 6.45) is 0. The van der Waals surface area contributed by atoms with Crippen molar-refractivity contribution in [2.75, 3.05) is 7.05 Å². The van der Waals surface area contributed by atoms with Crippen LogP contribution in [-0.2, 0) is 0 Å². The van der Waals surface area contributed by atoms with Crippen molar-refractivity contribution in [2.45, 2.75) is 23.1 Å². The zero-order valence-corrected chi connectivity index (χ0v) is 12.3. The molecular weight excluding hydrogens is 276 g/mol. The Balaban J connectivity index is 2.15. The van der Waals surface area contributed by atoms with Crippen LogP contribution in [0.4, 0.5) is 8.78 Å². The van der Waals surface area contributed by atoms with Crippen molar-refractivity contribution in [3.63, 3.8) is 0 Å². The lowest BCUT2D eigenvalue weighted by Gasteiger charge is -2.23. The predicted molar refractivity (Wildman–Crippen MR) is 79.9 cm³/mol. The first-order valence-electron chi connectivity index (χ1n) is 6.45. The molecule has 0 aliphatic heterocycles. The summed E-state index contributed by atoms with van der Waals surface area (Å²) >= 11 is 1.40. The summed E-state index contributed by atoms with van der Waals surface area (Å²) in [5, 5.41) is 3.37. The lowest BCUT2D eigenvalue weighted by atomic mass is 10.0. The van der Waals surface area contributed by atoms with Crippen LogP contribution in [0.25, 0.3) is 0 Å². The minimum atomic E-state index is -0.548. The molecule has 0 saturated heterocycles. The molecule has 0 spiro atoms.